The predicted octanol–water partition coefficient (Wildman–Crippen LogP) is 5.53. The van der Waals surface area contributed by atoms with Crippen LogP contribution in [0.1, 0.15) is 90.9 Å². The lowest BCUT2D eigenvalue weighted by atomic mass is 9.65. The van der Waals surface area contributed by atoms with Crippen molar-refractivity contribution in [2.24, 2.45) is 40.9 Å². The highest BCUT2D eigenvalue weighted by atomic mass is 16.6. The van der Waals surface area contributed by atoms with Crippen molar-refractivity contribution in [3.63, 3.8) is 0 Å². The molecule has 0 N–H and O–H groups in total. The lowest BCUT2D eigenvalue weighted by Crippen LogP contribution is -2.44. The van der Waals surface area contributed by atoms with Crippen LogP contribution in [-0.2, 0) is 19.1 Å². The van der Waals surface area contributed by atoms with Crippen LogP contribution >= 0.6 is 0 Å². The van der Waals surface area contributed by atoms with Gasteiger partial charge in [-0.15, -0.1) is 0 Å². The average molecular weight is 405 g/mol. The molecule has 6 fully saturated rings. The maximum Gasteiger partial charge on any atom is 0.323 e. The molecule has 0 spiro atoms. The number of fused-ring (bicyclic) bond motifs is 6. The largest absolute Gasteiger partial charge is 0.465 e. The lowest BCUT2D eigenvalue weighted by molar-refractivity contribution is -0.176. The van der Waals surface area contributed by atoms with E-state index in [1.165, 1.54) is 64.2 Å². The third kappa shape index (κ3) is 4.23. The molecule has 164 valence electrons. The number of carbonyl (C=O) groups excluding carboxylic acids is 2. The first-order valence-electron chi connectivity index (χ1n) is 12.4. The van der Waals surface area contributed by atoms with Gasteiger partial charge in [-0.1, -0.05) is 39.5 Å². The maximum absolute atomic E-state index is 13.1. The van der Waals surface area contributed by atoms with E-state index in [4.69, 9.17) is 9.47 Å². The average Bonchev–Trinajstić information content (AvgIpc) is 2.79. The molecule has 2 atom stereocenters. The molecule has 0 aromatic carbocycles. The molecule has 6 aliphatic rings. The first kappa shape index (κ1) is 21.2. The molecule has 6 rings (SSSR count). The summed E-state index contributed by atoms with van der Waals surface area (Å²) in [5.41, 5.74) is -1.12. The number of hydrogen-bond acceptors (Lipinski definition) is 4. The molecule has 0 aliphatic heterocycles. The molecule has 0 saturated heterocycles. The fourth-order valence-electron chi connectivity index (χ4n) is 6.99. The van der Waals surface area contributed by atoms with Gasteiger partial charge in [-0.05, 0) is 86.9 Å². The van der Waals surface area contributed by atoms with Crippen LogP contribution in [0.4, 0.5) is 0 Å². The summed E-state index contributed by atoms with van der Waals surface area (Å²) in [6.45, 7) is 4.80. The van der Waals surface area contributed by atoms with Gasteiger partial charge >= 0.3 is 11.9 Å². The van der Waals surface area contributed by atoms with Crippen LogP contribution in [0.2, 0.25) is 0 Å². The summed E-state index contributed by atoms with van der Waals surface area (Å²) >= 11 is 0. The Balaban J connectivity index is 1.31. The maximum atomic E-state index is 13.1. The van der Waals surface area contributed by atoms with E-state index in [9.17, 15) is 9.59 Å². The van der Waals surface area contributed by atoms with Crippen LogP contribution in [0.5, 0.6) is 0 Å². The van der Waals surface area contributed by atoms with Crippen LogP contribution in [0.3, 0.4) is 0 Å². The number of carbonyl (C=O) groups is 2. The van der Waals surface area contributed by atoms with Crippen molar-refractivity contribution in [3.8, 4) is 0 Å². The molecule has 0 heterocycles. The molecular weight excluding hydrogens is 364 g/mol. The van der Waals surface area contributed by atoms with E-state index in [0.717, 1.165) is 11.8 Å². The zero-order valence-electron chi connectivity index (χ0n) is 18.5. The topological polar surface area (TPSA) is 52.6 Å². The van der Waals surface area contributed by atoms with Gasteiger partial charge in [0.05, 0.1) is 13.2 Å². The molecule has 6 saturated carbocycles. The molecule has 0 radical (unpaired) electrons. The van der Waals surface area contributed by atoms with Gasteiger partial charge in [0.15, 0.2) is 5.41 Å². The van der Waals surface area contributed by atoms with Gasteiger partial charge in [0, 0.05) is 0 Å². The number of ether oxygens (including phenoxy) is 2. The first-order chi connectivity index (χ1) is 14.1. The third-order valence-corrected chi connectivity index (χ3v) is 9.23. The molecule has 4 bridgehead atoms. The Morgan fingerprint density at radius 3 is 1.34 bits per heavy atom. The summed E-state index contributed by atoms with van der Waals surface area (Å²) in [6.07, 6.45) is 13.8. The van der Waals surface area contributed by atoms with E-state index in [0.29, 0.717) is 49.7 Å². The Morgan fingerprint density at radius 2 is 1.07 bits per heavy atom. The normalized spacial score (nSPS) is 36.1. The number of esters is 2. The van der Waals surface area contributed by atoms with Crippen LogP contribution in [0.25, 0.3) is 0 Å². The van der Waals surface area contributed by atoms with E-state index in [1.807, 2.05) is 13.8 Å². The summed E-state index contributed by atoms with van der Waals surface area (Å²) in [7, 11) is 0. The highest BCUT2D eigenvalue weighted by Gasteiger charge is 2.47. The minimum Gasteiger partial charge on any atom is -0.465 e. The Kier molecular flexibility index (Phi) is 6.56. The Morgan fingerprint density at radius 1 is 0.690 bits per heavy atom. The highest BCUT2D eigenvalue weighted by Crippen LogP contribution is 2.46. The third-order valence-electron chi connectivity index (χ3n) is 9.23. The van der Waals surface area contributed by atoms with E-state index in [1.54, 1.807) is 0 Å². The summed E-state index contributed by atoms with van der Waals surface area (Å²) in [5.74, 6) is 3.35. The van der Waals surface area contributed by atoms with E-state index in [2.05, 4.69) is 0 Å². The molecule has 4 heteroatoms. The second kappa shape index (κ2) is 8.98. The SMILES string of the molecule is CCC(CC)(C(=O)OCC1CC2CCC1CC2)C(=O)OCC1CC2CCC1CC2. The van der Waals surface area contributed by atoms with Gasteiger partial charge in [-0.25, -0.2) is 0 Å². The molecule has 29 heavy (non-hydrogen) atoms. The van der Waals surface area contributed by atoms with Gasteiger partial charge in [-0.3, -0.25) is 9.59 Å². The van der Waals surface area contributed by atoms with Crippen LogP contribution in [0.15, 0.2) is 0 Å². The summed E-state index contributed by atoms with van der Waals surface area (Å²) in [4.78, 5) is 26.1. The van der Waals surface area contributed by atoms with Gasteiger partial charge in [0.25, 0.3) is 0 Å². The van der Waals surface area contributed by atoms with Crippen LogP contribution < -0.4 is 0 Å². The zero-order chi connectivity index (χ0) is 20.4. The predicted molar refractivity (Wildman–Crippen MR) is 112 cm³/mol. The van der Waals surface area contributed by atoms with Crippen molar-refractivity contribution in [2.45, 2.75) is 90.9 Å². The monoisotopic (exact) mass is 404 g/mol. The quantitative estimate of drug-likeness (QED) is 0.394. The van der Waals surface area contributed by atoms with Crippen molar-refractivity contribution < 1.29 is 19.1 Å². The summed E-state index contributed by atoms with van der Waals surface area (Å²) < 4.78 is 11.6. The molecule has 0 aromatic rings. The molecule has 6 aliphatic carbocycles. The number of hydrogen-bond donors (Lipinski definition) is 0. The summed E-state index contributed by atoms with van der Waals surface area (Å²) in [6, 6.07) is 0. The number of rotatable bonds is 8. The minimum atomic E-state index is -1.12. The van der Waals surface area contributed by atoms with Crippen molar-refractivity contribution in [1.82, 2.24) is 0 Å². The second-order valence-corrected chi connectivity index (χ2v) is 10.5. The Labute approximate surface area is 176 Å². The Hall–Kier alpha value is -1.06. The fourth-order valence-corrected chi connectivity index (χ4v) is 6.99. The van der Waals surface area contributed by atoms with E-state index in [-0.39, 0.29) is 11.9 Å². The van der Waals surface area contributed by atoms with Gasteiger partial charge in [-0.2, -0.15) is 0 Å². The van der Waals surface area contributed by atoms with E-state index < -0.39 is 5.41 Å². The smallest absolute Gasteiger partial charge is 0.323 e. The van der Waals surface area contributed by atoms with Crippen molar-refractivity contribution in [1.29, 1.82) is 0 Å². The molecular formula is C25H40O4. The fraction of sp³-hybridized carbons (Fsp3) is 0.920. The minimum absolute atomic E-state index is 0.348. The molecule has 0 amide bonds. The lowest BCUT2D eigenvalue weighted by Gasteiger charge is -2.42. The zero-order valence-corrected chi connectivity index (χ0v) is 18.5. The standard InChI is InChI=1S/C25H40O4/c1-3-25(4-2,23(26)28-15-21-13-17-5-9-19(21)10-6-17)24(27)29-16-22-14-18-7-11-20(22)12-8-18/h17-22H,3-16H2,1-2H3. The van der Waals surface area contributed by atoms with E-state index >= 15 is 0 Å². The summed E-state index contributed by atoms with van der Waals surface area (Å²) in [5, 5.41) is 0. The van der Waals surface area contributed by atoms with Crippen LogP contribution in [0, 0.1) is 40.9 Å². The van der Waals surface area contributed by atoms with Gasteiger partial charge < -0.3 is 9.47 Å². The first-order valence-corrected chi connectivity index (χ1v) is 12.4. The highest BCUT2D eigenvalue weighted by molar-refractivity contribution is 6.00. The molecule has 2 unspecified atom stereocenters. The van der Waals surface area contributed by atoms with Crippen LogP contribution in [-0.4, -0.2) is 25.2 Å². The second-order valence-electron chi connectivity index (χ2n) is 10.5. The van der Waals surface area contributed by atoms with Crippen molar-refractivity contribution >= 4 is 11.9 Å². The molecule has 0 aromatic heterocycles. The van der Waals surface area contributed by atoms with Gasteiger partial charge in [0.1, 0.15) is 0 Å². The Bertz CT molecular complexity index is 532. The van der Waals surface area contributed by atoms with Crippen molar-refractivity contribution in [2.75, 3.05) is 13.2 Å². The van der Waals surface area contributed by atoms with Crippen molar-refractivity contribution in [3.05, 3.63) is 0 Å². The van der Waals surface area contributed by atoms with Gasteiger partial charge in [0.2, 0.25) is 0 Å². The molecule has 4 nitrogen and oxygen atoms in total.